The van der Waals surface area contributed by atoms with Crippen LogP contribution in [0.5, 0.6) is 0 Å². The summed E-state index contributed by atoms with van der Waals surface area (Å²) in [6.45, 7) is 2.76. The summed E-state index contributed by atoms with van der Waals surface area (Å²) in [6.07, 6.45) is 6.01. The van der Waals surface area contributed by atoms with Crippen molar-refractivity contribution in [3.63, 3.8) is 0 Å². The highest BCUT2D eigenvalue weighted by Crippen LogP contribution is 2.28. The van der Waals surface area contributed by atoms with E-state index < -0.39 is 0 Å². The lowest BCUT2D eigenvalue weighted by Crippen LogP contribution is -2.30. The topological polar surface area (TPSA) is 49.2 Å². The molecule has 0 saturated heterocycles. The Bertz CT molecular complexity index is 295. The van der Waals surface area contributed by atoms with Gasteiger partial charge in [0.25, 0.3) is 0 Å². The molecule has 1 saturated carbocycles. The van der Waals surface area contributed by atoms with Gasteiger partial charge in [-0.15, -0.1) is 0 Å². The monoisotopic (exact) mass is 193 g/mol. The lowest BCUT2D eigenvalue weighted by molar-refractivity contribution is 0.300. The number of aromatic nitrogens is 2. The molecule has 1 heterocycles. The third kappa shape index (κ3) is 2.01. The van der Waals surface area contributed by atoms with Crippen molar-refractivity contribution in [3.8, 4) is 0 Å². The maximum atomic E-state index is 8.93. The minimum Gasteiger partial charge on any atom is -0.395 e. The van der Waals surface area contributed by atoms with Crippen LogP contribution in [0.4, 0.5) is 5.95 Å². The zero-order valence-electron chi connectivity index (χ0n) is 8.35. The first-order chi connectivity index (χ1) is 6.81. The van der Waals surface area contributed by atoms with Crippen molar-refractivity contribution in [1.29, 1.82) is 0 Å². The molecule has 0 spiro atoms. The summed E-state index contributed by atoms with van der Waals surface area (Å²) < 4.78 is 0. The largest absolute Gasteiger partial charge is 0.395 e. The molecule has 14 heavy (non-hydrogen) atoms. The molecule has 76 valence electrons. The molecule has 0 amide bonds. The van der Waals surface area contributed by atoms with E-state index in [0.29, 0.717) is 12.6 Å². The maximum absolute atomic E-state index is 8.93. The quantitative estimate of drug-likeness (QED) is 0.766. The molecule has 0 radical (unpaired) electrons. The number of aryl methyl sites for hydroxylation is 1. The van der Waals surface area contributed by atoms with E-state index in [1.54, 1.807) is 0 Å². The molecule has 4 heteroatoms. The predicted molar refractivity (Wildman–Crippen MR) is 54.2 cm³/mol. The van der Waals surface area contributed by atoms with E-state index in [1.165, 1.54) is 12.8 Å². The molecule has 1 N–H and O–H groups in total. The molecular formula is C10H15N3O. The fourth-order valence-corrected chi connectivity index (χ4v) is 1.47. The van der Waals surface area contributed by atoms with Crippen LogP contribution in [0.25, 0.3) is 0 Å². The van der Waals surface area contributed by atoms with Crippen LogP contribution in [-0.2, 0) is 0 Å². The van der Waals surface area contributed by atoms with Gasteiger partial charge in [-0.3, -0.25) is 0 Å². The van der Waals surface area contributed by atoms with Gasteiger partial charge in [0.05, 0.1) is 6.61 Å². The summed E-state index contributed by atoms with van der Waals surface area (Å²) in [7, 11) is 0. The molecule has 0 aliphatic heterocycles. The van der Waals surface area contributed by atoms with Crippen LogP contribution in [-0.4, -0.2) is 34.3 Å². The summed E-state index contributed by atoms with van der Waals surface area (Å²) in [4.78, 5) is 10.6. The molecule has 2 rings (SSSR count). The predicted octanol–water partition coefficient (Wildman–Crippen LogP) is 0.746. The zero-order valence-corrected chi connectivity index (χ0v) is 8.35. The van der Waals surface area contributed by atoms with Gasteiger partial charge in [-0.1, -0.05) is 0 Å². The average Bonchev–Trinajstić information content (AvgIpc) is 2.99. The molecule has 0 atom stereocenters. The fourth-order valence-electron chi connectivity index (χ4n) is 1.47. The van der Waals surface area contributed by atoms with Crippen molar-refractivity contribution in [1.82, 2.24) is 9.97 Å². The second-order valence-electron chi connectivity index (χ2n) is 3.71. The van der Waals surface area contributed by atoms with Gasteiger partial charge >= 0.3 is 0 Å². The average molecular weight is 193 g/mol. The Morgan fingerprint density at radius 2 is 2.07 bits per heavy atom. The highest BCUT2D eigenvalue weighted by atomic mass is 16.3. The fraction of sp³-hybridized carbons (Fsp3) is 0.600. The van der Waals surface area contributed by atoms with E-state index in [4.69, 9.17) is 5.11 Å². The van der Waals surface area contributed by atoms with E-state index in [-0.39, 0.29) is 6.61 Å². The highest BCUT2D eigenvalue weighted by molar-refractivity contribution is 5.33. The minimum atomic E-state index is 0.160. The summed E-state index contributed by atoms with van der Waals surface area (Å²) in [5.41, 5.74) is 1.06. The van der Waals surface area contributed by atoms with Gasteiger partial charge in [-0.25, -0.2) is 9.97 Å². The Kier molecular flexibility index (Phi) is 2.63. The van der Waals surface area contributed by atoms with Gasteiger partial charge in [0.2, 0.25) is 5.95 Å². The van der Waals surface area contributed by atoms with Gasteiger partial charge in [-0.2, -0.15) is 0 Å². The van der Waals surface area contributed by atoms with Crippen LogP contribution in [0.15, 0.2) is 12.4 Å². The number of hydrogen-bond acceptors (Lipinski definition) is 4. The molecule has 1 aliphatic rings. The first-order valence-corrected chi connectivity index (χ1v) is 4.97. The van der Waals surface area contributed by atoms with Crippen molar-refractivity contribution in [3.05, 3.63) is 18.0 Å². The summed E-state index contributed by atoms with van der Waals surface area (Å²) in [5, 5.41) is 8.93. The Morgan fingerprint density at radius 1 is 1.43 bits per heavy atom. The smallest absolute Gasteiger partial charge is 0.225 e. The normalized spacial score (nSPS) is 15.6. The Hall–Kier alpha value is -1.16. The van der Waals surface area contributed by atoms with Gasteiger partial charge in [0, 0.05) is 25.0 Å². The van der Waals surface area contributed by atoms with Crippen LogP contribution < -0.4 is 4.90 Å². The van der Waals surface area contributed by atoms with Gasteiger partial charge in [-0.05, 0) is 25.3 Å². The number of aliphatic hydroxyl groups excluding tert-OH is 1. The summed E-state index contributed by atoms with van der Waals surface area (Å²) in [6, 6.07) is 0.546. The molecular weight excluding hydrogens is 178 g/mol. The maximum Gasteiger partial charge on any atom is 0.225 e. The van der Waals surface area contributed by atoms with Gasteiger partial charge in [0.1, 0.15) is 0 Å². The molecule has 0 bridgehead atoms. The van der Waals surface area contributed by atoms with E-state index >= 15 is 0 Å². The zero-order chi connectivity index (χ0) is 9.97. The summed E-state index contributed by atoms with van der Waals surface area (Å²) >= 11 is 0. The molecule has 1 aromatic rings. The van der Waals surface area contributed by atoms with Gasteiger partial charge < -0.3 is 10.0 Å². The lowest BCUT2D eigenvalue weighted by Gasteiger charge is -2.20. The molecule has 1 fully saturated rings. The molecule has 0 unspecified atom stereocenters. The third-order valence-electron chi connectivity index (χ3n) is 2.35. The summed E-state index contributed by atoms with van der Waals surface area (Å²) in [5.74, 6) is 0.743. The Morgan fingerprint density at radius 3 is 2.57 bits per heavy atom. The molecule has 4 nitrogen and oxygen atoms in total. The number of rotatable bonds is 4. The number of nitrogens with zero attached hydrogens (tertiary/aromatic N) is 3. The third-order valence-corrected chi connectivity index (χ3v) is 2.35. The lowest BCUT2D eigenvalue weighted by atomic mass is 10.4. The number of hydrogen-bond donors (Lipinski definition) is 1. The second-order valence-corrected chi connectivity index (χ2v) is 3.71. The van der Waals surface area contributed by atoms with Crippen molar-refractivity contribution in [2.45, 2.75) is 25.8 Å². The second kappa shape index (κ2) is 3.92. The Balaban J connectivity index is 2.13. The molecule has 1 aromatic heterocycles. The van der Waals surface area contributed by atoms with Gasteiger partial charge in [0.15, 0.2) is 0 Å². The van der Waals surface area contributed by atoms with E-state index in [9.17, 15) is 0 Å². The Labute approximate surface area is 83.6 Å². The van der Waals surface area contributed by atoms with E-state index in [2.05, 4.69) is 14.9 Å². The highest BCUT2D eigenvalue weighted by Gasteiger charge is 2.30. The van der Waals surface area contributed by atoms with Crippen LogP contribution >= 0.6 is 0 Å². The van der Waals surface area contributed by atoms with Crippen LogP contribution in [0.2, 0.25) is 0 Å². The van der Waals surface area contributed by atoms with Crippen molar-refractivity contribution < 1.29 is 5.11 Å². The van der Waals surface area contributed by atoms with Crippen LogP contribution in [0.3, 0.4) is 0 Å². The minimum absolute atomic E-state index is 0.160. The van der Waals surface area contributed by atoms with Crippen molar-refractivity contribution in [2.24, 2.45) is 0 Å². The first-order valence-electron chi connectivity index (χ1n) is 4.97. The van der Waals surface area contributed by atoms with Crippen LogP contribution in [0.1, 0.15) is 18.4 Å². The number of aliphatic hydroxyl groups is 1. The standard InChI is InChI=1S/C10H15N3O/c1-8-6-11-10(12-7-8)13(4-5-14)9-2-3-9/h6-7,9,14H,2-5H2,1H3. The van der Waals surface area contributed by atoms with Crippen molar-refractivity contribution in [2.75, 3.05) is 18.1 Å². The molecule has 0 aromatic carbocycles. The molecule has 1 aliphatic carbocycles. The first kappa shape index (κ1) is 9.40. The van der Waals surface area contributed by atoms with Crippen LogP contribution in [0, 0.1) is 6.92 Å². The van der Waals surface area contributed by atoms with E-state index in [0.717, 1.165) is 11.5 Å². The van der Waals surface area contributed by atoms with E-state index in [1.807, 2.05) is 19.3 Å². The van der Waals surface area contributed by atoms with Crippen molar-refractivity contribution >= 4 is 5.95 Å². The number of anilines is 1. The SMILES string of the molecule is Cc1cnc(N(CCO)C2CC2)nc1.